The normalized spacial score (nSPS) is 24.7. The number of hydrogen-bond donors (Lipinski definition) is 4. The van der Waals surface area contributed by atoms with Gasteiger partial charge in [0.2, 0.25) is 0 Å². The van der Waals surface area contributed by atoms with Crippen LogP contribution in [0.1, 0.15) is 18.2 Å². The van der Waals surface area contributed by atoms with Crippen molar-refractivity contribution in [2.24, 2.45) is 5.11 Å². The Morgan fingerprint density at radius 2 is 2.07 bits per heavy atom. The third kappa shape index (κ3) is 4.65. The number of ether oxygens (including phenoxy) is 1. The molecule has 1 aromatic heterocycles. The highest BCUT2D eigenvalue weighted by Crippen LogP contribution is 2.73. The quantitative estimate of drug-likeness (QED) is 0.194. The van der Waals surface area contributed by atoms with Crippen LogP contribution in [0, 0.1) is 6.92 Å². The minimum absolute atomic E-state index is 0.134. The highest BCUT2D eigenvalue weighted by atomic mass is 31.2. The topological polar surface area (TPSA) is 217 Å². The van der Waals surface area contributed by atoms with E-state index in [4.69, 9.17) is 20.1 Å². The Morgan fingerprint density at radius 1 is 1.45 bits per heavy atom. The molecule has 0 radical (unpaired) electrons. The van der Waals surface area contributed by atoms with Gasteiger partial charge in [-0.15, -0.1) is 0 Å². The number of rotatable bonds is 7. The molecule has 4 N–H and O–H groups in total. The molecule has 0 aliphatic carbocycles. The van der Waals surface area contributed by atoms with Crippen molar-refractivity contribution in [2.75, 3.05) is 6.61 Å². The summed E-state index contributed by atoms with van der Waals surface area (Å²) in [5.74, 6) is 0. The van der Waals surface area contributed by atoms with Gasteiger partial charge in [-0.1, -0.05) is 5.11 Å². The minimum Gasteiger partial charge on any atom is -0.352 e. The molecule has 1 aliphatic rings. The van der Waals surface area contributed by atoms with Crippen LogP contribution in [0.2, 0.25) is 0 Å². The summed E-state index contributed by atoms with van der Waals surface area (Å²) in [7, 11) is -12.5. The first-order chi connectivity index (χ1) is 13.2. The Kier molecular flexibility index (Phi) is 6.52. The Morgan fingerprint density at radius 3 is 2.62 bits per heavy atom. The fourth-order valence-corrected chi connectivity index (χ4v) is 4.44. The molecule has 1 unspecified atom stereocenters. The van der Waals surface area contributed by atoms with E-state index in [-0.39, 0.29) is 12.0 Å². The molecule has 0 amide bonds. The van der Waals surface area contributed by atoms with Gasteiger partial charge in [-0.2, -0.15) is 8.78 Å². The molecule has 2 heterocycles. The molecular weight excluding hydrogens is 446 g/mol. The zero-order chi connectivity index (χ0) is 22.2. The van der Waals surface area contributed by atoms with E-state index in [1.54, 1.807) is 0 Å². The van der Waals surface area contributed by atoms with E-state index >= 15 is 0 Å². The molecule has 0 spiro atoms. The Balaban J connectivity index is 2.25. The lowest BCUT2D eigenvalue weighted by molar-refractivity contribution is -0.0276. The van der Waals surface area contributed by atoms with Crippen LogP contribution in [-0.4, -0.2) is 48.4 Å². The number of aromatic nitrogens is 2. The van der Waals surface area contributed by atoms with Crippen LogP contribution in [0.15, 0.2) is 20.9 Å². The fraction of sp³-hybridized carbons (Fsp3) is 0.636. The number of hydrogen-bond acceptors (Lipinski definition) is 7. The molecule has 1 aliphatic heterocycles. The minimum atomic E-state index is -6.33. The second-order valence-corrected chi connectivity index (χ2v) is 9.85. The van der Waals surface area contributed by atoms with E-state index in [9.17, 15) is 32.4 Å². The highest BCUT2D eigenvalue weighted by Gasteiger charge is 2.65. The van der Waals surface area contributed by atoms with Gasteiger partial charge in [0.05, 0.1) is 18.8 Å². The van der Waals surface area contributed by atoms with Crippen LogP contribution in [0.5, 0.6) is 0 Å². The summed E-state index contributed by atoms with van der Waals surface area (Å²) in [4.78, 5) is 54.3. The van der Waals surface area contributed by atoms with E-state index in [0.29, 0.717) is 0 Å². The van der Waals surface area contributed by atoms with Crippen LogP contribution in [0.3, 0.4) is 0 Å². The SMILES string of the molecule is Cc1cn([C@H]2C[C@@H](N=[N+]=[N-])[C@@H](COP(=O)(O)C(F)(F)P(=O)(O)O)O2)c(=O)[nH]c1=O. The molecule has 1 aromatic rings. The molecule has 1 fully saturated rings. The monoisotopic (exact) mass is 461 g/mol. The van der Waals surface area contributed by atoms with E-state index in [0.717, 1.165) is 10.8 Å². The van der Waals surface area contributed by atoms with Gasteiger partial charge in [-0.3, -0.25) is 23.5 Å². The number of H-pyrrole nitrogens is 1. The number of alkyl halides is 2. The number of aryl methyl sites for hydroxylation is 1. The predicted octanol–water partition coefficient (Wildman–Crippen LogP) is 0.741. The first kappa shape index (κ1) is 23.4. The molecule has 4 atom stereocenters. The zero-order valence-corrected chi connectivity index (χ0v) is 16.2. The summed E-state index contributed by atoms with van der Waals surface area (Å²) in [6.07, 6.45) is -1.61. The Bertz CT molecular complexity index is 1050. The molecular formula is C11H15F2N5O9P2. The smallest absolute Gasteiger partial charge is 0.352 e. The van der Waals surface area contributed by atoms with Crippen molar-refractivity contribution in [1.29, 1.82) is 0 Å². The van der Waals surface area contributed by atoms with Crippen LogP contribution < -0.4 is 11.2 Å². The van der Waals surface area contributed by atoms with E-state index in [1.165, 1.54) is 6.92 Å². The van der Waals surface area contributed by atoms with E-state index < -0.39 is 56.8 Å². The zero-order valence-electron chi connectivity index (χ0n) is 14.5. The molecule has 162 valence electrons. The standard InChI is InChI=1S/C11H15F2N5O9P2/c1-5-3-18(10(20)15-9(5)19)8-2-6(16-17-14)7(27-8)4-26-29(24,25)11(12,13)28(21,22)23/h3,6-8H,2,4H2,1H3,(H,24,25)(H,15,19,20)(H2,21,22,23)/t6-,7-,8-/m1/s1. The summed E-state index contributed by atoms with van der Waals surface area (Å²) in [5, 5.41) is -2.04. The molecule has 2 rings (SSSR count). The molecule has 18 heteroatoms. The van der Waals surface area contributed by atoms with Gasteiger partial charge in [0.15, 0.2) is 0 Å². The summed E-state index contributed by atoms with van der Waals surface area (Å²) in [6, 6.07) is -1.15. The molecule has 0 aromatic carbocycles. The summed E-state index contributed by atoms with van der Waals surface area (Å²) < 4.78 is 59.8. The molecule has 0 saturated carbocycles. The van der Waals surface area contributed by atoms with Gasteiger partial charge < -0.3 is 23.9 Å². The molecule has 29 heavy (non-hydrogen) atoms. The third-order valence-electron chi connectivity index (χ3n) is 3.96. The number of nitrogens with one attached hydrogen (secondary N) is 1. The average molecular weight is 461 g/mol. The summed E-state index contributed by atoms with van der Waals surface area (Å²) in [5.41, 5.74) is 7.22. The van der Waals surface area contributed by atoms with Gasteiger partial charge in [0.1, 0.15) is 6.23 Å². The van der Waals surface area contributed by atoms with Crippen LogP contribution >= 0.6 is 15.2 Å². The van der Waals surface area contributed by atoms with Gasteiger partial charge in [-0.25, -0.2) is 4.79 Å². The number of halogens is 2. The van der Waals surface area contributed by atoms with Crippen LogP contribution in [0.25, 0.3) is 10.4 Å². The fourth-order valence-electron chi connectivity index (χ4n) is 2.44. The lowest BCUT2D eigenvalue weighted by Gasteiger charge is -2.24. The molecule has 0 bridgehead atoms. The van der Waals surface area contributed by atoms with Crippen LogP contribution in [-0.2, 0) is 18.4 Å². The maximum Gasteiger partial charge on any atom is 0.443 e. The second-order valence-electron chi connectivity index (χ2n) is 5.99. The van der Waals surface area contributed by atoms with Crippen molar-refractivity contribution in [3.63, 3.8) is 0 Å². The van der Waals surface area contributed by atoms with Gasteiger partial charge >= 0.3 is 26.3 Å². The van der Waals surface area contributed by atoms with E-state index in [2.05, 4.69) is 14.5 Å². The molecule has 14 nitrogen and oxygen atoms in total. The third-order valence-corrected chi connectivity index (χ3v) is 7.38. The Hall–Kier alpha value is -1.89. The largest absolute Gasteiger partial charge is 0.443 e. The Labute approximate surface area is 159 Å². The summed E-state index contributed by atoms with van der Waals surface area (Å²) >= 11 is 0. The van der Waals surface area contributed by atoms with Crippen molar-refractivity contribution < 1.29 is 41.9 Å². The number of azide groups is 1. The first-order valence-corrected chi connectivity index (χ1v) is 10.8. The summed E-state index contributed by atoms with van der Waals surface area (Å²) in [6.45, 7) is 0.280. The first-order valence-electron chi connectivity index (χ1n) is 7.64. The van der Waals surface area contributed by atoms with E-state index in [1.807, 2.05) is 4.98 Å². The predicted molar refractivity (Wildman–Crippen MR) is 90.3 cm³/mol. The van der Waals surface area contributed by atoms with Gasteiger partial charge in [-0.05, 0) is 12.5 Å². The number of aromatic amines is 1. The van der Waals surface area contributed by atoms with Crippen molar-refractivity contribution in [3.8, 4) is 0 Å². The number of nitrogens with zero attached hydrogens (tertiary/aromatic N) is 4. The maximum absolute atomic E-state index is 13.5. The van der Waals surface area contributed by atoms with Crippen molar-refractivity contribution in [2.45, 2.75) is 37.1 Å². The second kappa shape index (κ2) is 8.09. The average Bonchev–Trinajstić information content (AvgIpc) is 2.98. The van der Waals surface area contributed by atoms with Gasteiger partial charge in [0.25, 0.3) is 5.56 Å². The van der Waals surface area contributed by atoms with Gasteiger partial charge in [0, 0.05) is 23.1 Å². The van der Waals surface area contributed by atoms with Crippen molar-refractivity contribution >= 4 is 15.2 Å². The van der Waals surface area contributed by atoms with Crippen molar-refractivity contribution in [1.82, 2.24) is 9.55 Å². The lowest BCUT2D eigenvalue weighted by atomic mass is 10.1. The van der Waals surface area contributed by atoms with Crippen LogP contribution in [0.4, 0.5) is 8.78 Å². The highest BCUT2D eigenvalue weighted by molar-refractivity contribution is 7.72. The van der Waals surface area contributed by atoms with Crippen molar-refractivity contribution in [3.05, 3.63) is 43.0 Å². The maximum atomic E-state index is 13.5. The lowest BCUT2D eigenvalue weighted by Crippen LogP contribution is -2.33. The molecule has 1 saturated heterocycles.